The van der Waals surface area contributed by atoms with E-state index in [9.17, 15) is 9.59 Å². The smallest absolute Gasteiger partial charge is 0.234 e. The molecule has 1 aliphatic rings. The molecule has 1 N–H and O–H groups in total. The largest absolute Gasteiger partial charge is 0.352 e. The maximum Gasteiger partial charge on any atom is 0.234 e. The summed E-state index contributed by atoms with van der Waals surface area (Å²) in [5, 5.41) is 2.78. The Morgan fingerprint density at radius 1 is 0.929 bits per heavy atom. The minimum Gasteiger partial charge on any atom is -0.352 e. The van der Waals surface area contributed by atoms with Gasteiger partial charge in [-0.05, 0) is 16.7 Å². The fraction of sp³-hybridized carbons (Fsp3) is 0.304. The Morgan fingerprint density at radius 3 is 2.21 bits per heavy atom. The SMILES string of the molecule is C=CCNC(=O)CN1CCN(C(=O)Cc2ccc(-c3ccccc3)cc2)CC1. The number of rotatable bonds is 7. The molecule has 0 aromatic heterocycles. The van der Waals surface area contributed by atoms with Crippen LogP contribution in [0, 0.1) is 0 Å². The van der Waals surface area contributed by atoms with Gasteiger partial charge in [0.15, 0.2) is 0 Å². The molecular formula is C23H27N3O2. The second-order valence-electron chi connectivity index (χ2n) is 6.99. The molecule has 1 fully saturated rings. The van der Waals surface area contributed by atoms with Crippen molar-refractivity contribution in [3.8, 4) is 11.1 Å². The second-order valence-corrected chi connectivity index (χ2v) is 6.99. The van der Waals surface area contributed by atoms with Crippen LogP contribution in [0.15, 0.2) is 67.3 Å². The highest BCUT2D eigenvalue weighted by Gasteiger charge is 2.22. The van der Waals surface area contributed by atoms with Crippen LogP contribution in [0.25, 0.3) is 11.1 Å². The Kier molecular flexibility index (Phi) is 6.98. The standard InChI is InChI=1S/C23H27N3O2/c1-2-12-24-22(27)18-25-13-15-26(16-14-25)23(28)17-19-8-10-21(11-9-19)20-6-4-3-5-7-20/h2-11H,1,12-18H2,(H,24,27). The van der Waals surface area contributed by atoms with Gasteiger partial charge in [0.05, 0.1) is 13.0 Å². The van der Waals surface area contributed by atoms with E-state index in [-0.39, 0.29) is 11.8 Å². The van der Waals surface area contributed by atoms with Crippen LogP contribution in [0.4, 0.5) is 0 Å². The molecule has 28 heavy (non-hydrogen) atoms. The topological polar surface area (TPSA) is 52.7 Å². The number of nitrogens with one attached hydrogen (secondary N) is 1. The summed E-state index contributed by atoms with van der Waals surface area (Å²) in [5.41, 5.74) is 3.35. The fourth-order valence-electron chi connectivity index (χ4n) is 3.33. The second kappa shape index (κ2) is 9.85. The summed E-state index contributed by atoms with van der Waals surface area (Å²) < 4.78 is 0. The van der Waals surface area contributed by atoms with Gasteiger partial charge in [-0.2, -0.15) is 0 Å². The third-order valence-corrected chi connectivity index (χ3v) is 4.95. The number of carbonyl (C=O) groups is 2. The maximum atomic E-state index is 12.6. The van der Waals surface area contributed by atoms with E-state index in [1.54, 1.807) is 6.08 Å². The van der Waals surface area contributed by atoms with Crippen molar-refractivity contribution in [1.29, 1.82) is 0 Å². The number of piperazine rings is 1. The average molecular weight is 377 g/mol. The average Bonchev–Trinajstić information content (AvgIpc) is 2.74. The molecule has 0 saturated carbocycles. The van der Waals surface area contributed by atoms with Crippen molar-refractivity contribution < 1.29 is 9.59 Å². The molecule has 0 aliphatic carbocycles. The number of hydrogen-bond acceptors (Lipinski definition) is 3. The molecule has 2 amide bonds. The van der Waals surface area contributed by atoms with Gasteiger partial charge >= 0.3 is 0 Å². The number of nitrogens with zero attached hydrogens (tertiary/aromatic N) is 2. The van der Waals surface area contributed by atoms with E-state index in [2.05, 4.69) is 41.1 Å². The first-order valence-electron chi connectivity index (χ1n) is 9.68. The van der Waals surface area contributed by atoms with Gasteiger partial charge in [-0.15, -0.1) is 6.58 Å². The van der Waals surface area contributed by atoms with Crippen LogP contribution in [0.1, 0.15) is 5.56 Å². The molecule has 3 rings (SSSR count). The zero-order valence-corrected chi connectivity index (χ0v) is 16.1. The lowest BCUT2D eigenvalue weighted by Crippen LogP contribution is -2.51. The maximum absolute atomic E-state index is 12.6. The Morgan fingerprint density at radius 2 is 1.57 bits per heavy atom. The summed E-state index contributed by atoms with van der Waals surface area (Å²) in [6.07, 6.45) is 2.08. The zero-order chi connectivity index (χ0) is 19.8. The fourth-order valence-corrected chi connectivity index (χ4v) is 3.33. The molecule has 5 heteroatoms. The van der Waals surface area contributed by atoms with E-state index in [1.165, 1.54) is 5.56 Å². The normalized spacial score (nSPS) is 14.5. The molecule has 0 spiro atoms. The van der Waals surface area contributed by atoms with Gasteiger partial charge in [-0.3, -0.25) is 14.5 Å². The number of carbonyl (C=O) groups excluding carboxylic acids is 2. The molecule has 0 atom stereocenters. The molecule has 0 bridgehead atoms. The molecule has 0 radical (unpaired) electrons. The Balaban J connectivity index is 1.47. The summed E-state index contributed by atoms with van der Waals surface area (Å²) in [7, 11) is 0. The molecule has 1 aliphatic heterocycles. The lowest BCUT2D eigenvalue weighted by Gasteiger charge is -2.34. The molecule has 5 nitrogen and oxygen atoms in total. The van der Waals surface area contributed by atoms with Crippen molar-refractivity contribution in [2.75, 3.05) is 39.3 Å². The minimum absolute atomic E-state index is 0.00168. The molecule has 1 saturated heterocycles. The van der Waals surface area contributed by atoms with Crippen molar-refractivity contribution in [2.24, 2.45) is 0 Å². The van der Waals surface area contributed by atoms with Crippen LogP contribution < -0.4 is 5.32 Å². The minimum atomic E-state index is -0.00168. The lowest BCUT2D eigenvalue weighted by molar-refractivity contribution is -0.132. The summed E-state index contributed by atoms with van der Waals surface area (Å²) in [5.74, 6) is 0.140. The monoisotopic (exact) mass is 377 g/mol. The molecule has 1 heterocycles. The van der Waals surface area contributed by atoms with Gasteiger partial charge < -0.3 is 10.2 Å². The Labute approximate surface area is 166 Å². The van der Waals surface area contributed by atoms with E-state index in [1.807, 2.05) is 35.2 Å². The van der Waals surface area contributed by atoms with Crippen molar-refractivity contribution in [3.05, 3.63) is 72.8 Å². The van der Waals surface area contributed by atoms with Crippen molar-refractivity contribution in [2.45, 2.75) is 6.42 Å². The van der Waals surface area contributed by atoms with E-state index in [4.69, 9.17) is 0 Å². The number of hydrogen-bond donors (Lipinski definition) is 1. The van der Waals surface area contributed by atoms with Gasteiger partial charge in [-0.25, -0.2) is 0 Å². The molecule has 146 valence electrons. The van der Waals surface area contributed by atoms with Gasteiger partial charge in [0.2, 0.25) is 11.8 Å². The van der Waals surface area contributed by atoms with Gasteiger partial charge in [0, 0.05) is 32.7 Å². The molecular weight excluding hydrogens is 350 g/mol. The highest BCUT2D eigenvalue weighted by Crippen LogP contribution is 2.19. The van der Waals surface area contributed by atoms with Crippen LogP contribution in [-0.4, -0.2) is 60.9 Å². The predicted octanol–water partition coefficient (Wildman–Crippen LogP) is 2.34. The summed E-state index contributed by atoms with van der Waals surface area (Å²) in [6, 6.07) is 18.4. The number of amides is 2. The van der Waals surface area contributed by atoms with E-state index in [0.717, 1.165) is 24.2 Å². The van der Waals surface area contributed by atoms with Gasteiger partial charge in [0.25, 0.3) is 0 Å². The van der Waals surface area contributed by atoms with Crippen molar-refractivity contribution in [1.82, 2.24) is 15.1 Å². The van der Waals surface area contributed by atoms with Gasteiger partial charge in [-0.1, -0.05) is 60.7 Å². The Hall–Kier alpha value is -2.92. The number of benzene rings is 2. The summed E-state index contributed by atoms with van der Waals surface area (Å²) in [6.45, 7) is 7.22. The highest BCUT2D eigenvalue weighted by molar-refractivity contribution is 5.80. The molecule has 2 aromatic carbocycles. The lowest BCUT2D eigenvalue weighted by atomic mass is 10.0. The third-order valence-electron chi connectivity index (χ3n) is 4.95. The predicted molar refractivity (Wildman–Crippen MR) is 112 cm³/mol. The summed E-state index contributed by atoms with van der Waals surface area (Å²) in [4.78, 5) is 28.4. The van der Waals surface area contributed by atoms with Crippen molar-refractivity contribution in [3.63, 3.8) is 0 Å². The summed E-state index contributed by atoms with van der Waals surface area (Å²) >= 11 is 0. The van der Waals surface area contributed by atoms with E-state index >= 15 is 0 Å². The Bertz CT molecular complexity index is 794. The van der Waals surface area contributed by atoms with E-state index < -0.39 is 0 Å². The first kappa shape index (κ1) is 19.8. The van der Waals surface area contributed by atoms with Crippen LogP contribution >= 0.6 is 0 Å². The highest BCUT2D eigenvalue weighted by atomic mass is 16.2. The van der Waals surface area contributed by atoms with Crippen LogP contribution in [0.5, 0.6) is 0 Å². The molecule has 0 unspecified atom stereocenters. The van der Waals surface area contributed by atoms with Crippen LogP contribution in [0.2, 0.25) is 0 Å². The van der Waals surface area contributed by atoms with Crippen LogP contribution in [0.3, 0.4) is 0 Å². The first-order chi connectivity index (χ1) is 13.7. The van der Waals surface area contributed by atoms with E-state index in [0.29, 0.717) is 32.6 Å². The molecule has 2 aromatic rings. The van der Waals surface area contributed by atoms with Crippen molar-refractivity contribution >= 4 is 11.8 Å². The van der Waals surface area contributed by atoms with Crippen LogP contribution in [-0.2, 0) is 16.0 Å². The van der Waals surface area contributed by atoms with Gasteiger partial charge in [0.1, 0.15) is 0 Å². The first-order valence-corrected chi connectivity index (χ1v) is 9.68. The quantitative estimate of drug-likeness (QED) is 0.754. The third kappa shape index (κ3) is 5.54. The zero-order valence-electron chi connectivity index (χ0n) is 16.1.